The number of aliphatic carboxylic acids is 1. The average Bonchev–Trinajstić information content (AvgIpc) is 2.01. The van der Waals surface area contributed by atoms with Gasteiger partial charge >= 0.3 is 5.97 Å². The Morgan fingerprint density at radius 2 is 2.46 bits per heavy atom. The molecule has 2 atom stereocenters. The number of amides is 1. The molecular formula is C7H6ClNO3S. The first kappa shape index (κ1) is 8.90. The number of carbonyl (C=O) groups is 2. The lowest BCUT2D eigenvalue weighted by Gasteiger charge is -2.43. The molecule has 0 aliphatic carbocycles. The molecule has 1 saturated heterocycles. The van der Waals surface area contributed by atoms with E-state index < -0.39 is 5.97 Å². The van der Waals surface area contributed by atoms with Crippen LogP contribution in [0, 0.1) is 0 Å². The SMILES string of the molecule is O=C(O)C1=CC(Cl)S[C@@H]2CC(=O)N12. The van der Waals surface area contributed by atoms with Gasteiger partial charge < -0.3 is 5.11 Å². The van der Waals surface area contributed by atoms with Gasteiger partial charge in [0.15, 0.2) is 0 Å². The lowest BCUT2D eigenvalue weighted by molar-refractivity contribution is -0.146. The van der Waals surface area contributed by atoms with Crippen molar-refractivity contribution in [3.05, 3.63) is 11.8 Å². The van der Waals surface area contributed by atoms with Gasteiger partial charge in [-0.1, -0.05) is 0 Å². The van der Waals surface area contributed by atoms with Crippen LogP contribution in [0.15, 0.2) is 11.8 Å². The number of carboxylic acid groups (broad SMARTS) is 1. The normalized spacial score (nSPS) is 31.9. The van der Waals surface area contributed by atoms with Crippen LogP contribution in [-0.2, 0) is 9.59 Å². The van der Waals surface area contributed by atoms with Crippen LogP contribution in [0.2, 0.25) is 0 Å². The molecular weight excluding hydrogens is 214 g/mol. The Labute approximate surface area is 83.5 Å². The minimum Gasteiger partial charge on any atom is -0.477 e. The maximum Gasteiger partial charge on any atom is 0.352 e. The van der Waals surface area contributed by atoms with Crippen LogP contribution in [-0.4, -0.2) is 32.0 Å². The van der Waals surface area contributed by atoms with E-state index in [1.165, 1.54) is 22.7 Å². The van der Waals surface area contributed by atoms with Gasteiger partial charge in [-0.2, -0.15) is 0 Å². The summed E-state index contributed by atoms with van der Waals surface area (Å²) in [4.78, 5) is 23.0. The largest absolute Gasteiger partial charge is 0.477 e. The number of fused-ring (bicyclic) bond motifs is 1. The Hall–Kier alpha value is -0.680. The second kappa shape index (κ2) is 2.92. The molecule has 70 valence electrons. The zero-order valence-corrected chi connectivity index (χ0v) is 8.01. The number of nitrogens with zero attached hydrogens (tertiary/aromatic N) is 1. The molecule has 0 radical (unpaired) electrons. The topological polar surface area (TPSA) is 57.6 Å². The Morgan fingerprint density at radius 1 is 1.77 bits per heavy atom. The summed E-state index contributed by atoms with van der Waals surface area (Å²) in [6.07, 6.45) is 1.78. The van der Waals surface area contributed by atoms with Crippen molar-refractivity contribution in [1.82, 2.24) is 4.90 Å². The molecule has 1 fully saturated rings. The maximum atomic E-state index is 11.1. The van der Waals surface area contributed by atoms with Crippen molar-refractivity contribution >= 4 is 35.2 Å². The Balaban J connectivity index is 2.30. The van der Waals surface area contributed by atoms with Crippen molar-refractivity contribution < 1.29 is 14.7 Å². The molecule has 1 amide bonds. The van der Waals surface area contributed by atoms with E-state index in [4.69, 9.17) is 16.7 Å². The molecule has 6 heteroatoms. The molecule has 1 unspecified atom stereocenters. The molecule has 2 aliphatic rings. The van der Waals surface area contributed by atoms with Crippen molar-refractivity contribution in [1.29, 1.82) is 0 Å². The van der Waals surface area contributed by atoms with E-state index in [0.717, 1.165) is 0 Å². The lowest BCUT2D eigenvalue weighted by atomic mass is 10.1. The van der Waals surface area contributed by atoms with Crippen molar-refractivity contribution in [2.24, 2.45) is 0 Å². The van der Waals surface area contributed by atoms with Crippen LogP contribution in [0.3, 0.4) is 0 Å². The van der Waals surface area contributed by atoms with Crippen molar-refractivity contribution in [2.75, 3.05) is 0 Å². The van der Waals surface area contributed by atoms with Crippen molar-refractivity contribution in [3.8, 4) is 0 Å². The van der Waals surface area contributed by atoms with E-state index in [0.29, 0.717) is 6.42 Å². The molecule has 0 aromatic rings. The first-order valence-electron chi connectivity index (χ1n) is 3.66. The smallest absolute Gasteiger partial charge is 0.352 e. The quantitative estimate of drug-likeness (QED) is 0.524. The minimum atomic E-state index is -1.09. The number of hydrogen-bond acceptors (Lipinski definition) is 3. The fourth-order valence-electron chi connectivity index (χ4n) is 1.35. The lowest BCUT2D eigenvalue weighted by Crippen LogP contribution is -2.53. The zero-order valence-electron chi connectivity index (χ0n) is 6.44. The molecule has 0 aromatic carbocycles. The average molecular weight is 220 g/mol. The number of alkyl halides is 1. The summed E-state index contributed by atoms with van der Waals surface area (Å²) < 4.78 is -0.347. The predicted molar refractivity (Wildman–Crippen MR) is 48.2 cm³/mol. The Bertz CT molecular complexity index is 317. The second-order valence-corrected chi connectivity index (χ2v) is 4.82. The van der Waals surface area contributed by atoms with Crippen molar-refractivity contribution in [2.45, 2.75) is 16.5 Å². The van der Waals surface area contributed by atoms with Gasteiger partial charge in [0.25, 0.3) is 0 Å². The standard InChI is InChI=1S/C7H6ClNO3S/c8-4-1-3(7(11)12)9-5(10)2-6(9)13-4/h1,4,6H,2H2,(H,11,12)/t4?,6-/m1/s1. The van der Waals surface area contributed by atoms with E-state index >= 15 is 0 Å². The Kier molecular flexibility index (Phi) is 2.00. The summed E-state index contributed by atoms with van der Waals surface area (Å²) in [5, 5.41) is 8.69. The van der Waals surface area contributed by atoms with E-state index in [-0.39, 0.29) is 21.7 Å². The first-order chi connectivity index (χ1) is 6.09. The van der Waals surface area contributed by atoms with Crippen LogP contribution in [0.5, 0.6) is 0 Å². The molecule has 0 spiro atoms. The number of carboxylic acids is 1. The van der Waals surface area contributed by atoms with Gasteiger partial charge in [-0.15, -0.1) is 23.4 Å². The molecule has 0 saturated carbocycles. The molecule has 0 aromatic heterocycles. The van der Waals surface area contributed by atoms with Crippen LogP contribution in [0.25, 0.3) is 0 Å². The van der Waals surface area contributed by atoms with Gasteiger partial charge in [0, 0.05) is 0 Å². The molecule has 1 N–H and O–H groups in total. The molecule has 0 bridgehead atoms. The number of halogens is 1. The monoisotopic (exact) mass is 219 g/mol. The predicted octanol–water partition coefficient (Wildman–Crippen LogP) is 0.825. The summed E-state index contributed by atoms with van der Waals surface area (Å²) in [7, 11) is 0. The van der Waals surface area contributed by atoms with Gasteiger partial charge in [-0.3, -0.25) is 9.69 Å². The van der Waals surface area contributed by atoms with Gasteiger partial charge in [-0.25, -0.2) is 4.79 Å². The third kappa shape index (κ3) is 1.32. The van der Waals surface area contributed by atoms with Crippen LogP contribution < -0.4 is 0 Å². The summed E-state index contributed by atoms with van der Waals surface area (Å²) >= 11 is 7.17. The van der Waals surface area contributed by atoms with E-state index in [1.807, 2.05) is 0 Å². The number of thioether (sulfide) groups is 1. The maximum absolute atomic E-state index is 11.1. The highest BCUT2D eigenvalue weighted by molar-refractivity contribution is 8.01. The minimum absolute atomic E-state index is 0.0139. The molecule has 2 aliphatic heterocycles. The van der Waals surface area contributed by atoms with Crippen LogP contribution in [0.4, 0.5) is 0 Å². The summed E-state index contributed by atoms with van der Waals surface area (Å²) in [5.41, 5.74) is 0.0139. The highest BCUT2D eigenvalue weighted by Gasteiger charge is 2.44. The number of rotatable bonds is 1. The fraction of sp³-hybridized carbons (Fsp3) is 0.429. The third-order valence-electron chi connectivity index (χ3n) is 1.96. The van der Waals surface area contributed by atoms with Crippen molar-refractivity contribution in [3.63, 3.8) is 0 Å². The van der Waals surface area contributed by atoms with Gasteiger partial charge in [0.1, 0.15) is 10.4 Å². The summed E-state index contributed by atoms with van der Waals surface area (Å²) in [5.74, 6) is -1.24. The second-order valence-electron chi connectivity index (χ2n) is 2.77. The van der Waals surface area contributed by atoms with Crippen LogP contribution >= 0.6 is 23.4 Å². The fourth-order valence-corrected chi connectivity index (χ4v) is 2.93. The molecule has 4 nitrogen and oxygen atoms in total. The highest BCUT2D eigenvalue weighted by Crippen LogP contribution is 2.41. The molecule has 2 rings (SSSR count). The first-order valence-corrected chi connectivity index (χ1v) is 5.04. The summed E-state index contributed by atoms with van der Waals surface area (Å²) in [6, 6.07) is 0. The van der Waals surface area contributed by atoms with E-state index in [9.17, 15) is 9.59 Å². The number of hydrogen-bond donors (Lipinski definition) is 1. The van der Waals surface area contributed by atoms with Gasteiger partial charge in [0.2, 0.25) is 5.91 Å². The van der Waals surface area contributed by atoms with Gasteiger partial charge in [0.05, 0.1) is 11.8 Å². The molecule has 2 heterocycles. The van der Waals surface area contributed by atoms with E-state index in [1.54, 1.807) is 0 Å². The summed E-state index contributed by atoms with van der Waals surface area (Å²) in [6.45, 7) is 0. The zero-order chi connectivity index (χ0) is 9.59. The van der Waals surface area contributed by atoms with Gasteiger partial charge in [-0.05, 0) is 6.08 Å². The Morgan fingerprint density at radius 3 is 3.00 bits per heavy atom. The van der Waals surface area contributed by atoms with Crippen LogP contribution in [0.1, 0.15) is 6.42 Å². The number of β-lactam (4-membered cyclic amide) rings is 1. The highest BCUT2D eigenvalue weighted by atomic mass is 35.5. The number of carbonyl (C=O) groups excluding carboxylic acids is 1. The molecule has 13 heavy (non-hydrogen) atoms. The van der Waals surface area contributed by atoms with E-state index in [2.05, 4.69) is 0 Å². The third-order valence-corrected chi connectivity index (χ3v) is 3.48.